The number of aliphatic hydroxyl groups excluding tert-OH is 1. The van der Waals surface area contributed by atoms with Crippen molar-refractivity contribution in [3.8, 4) is 0 Å². The molecule has 0 spiro atoms. The zero-order valence-electron chi connectivity index (χ0n) is 14.2. The minimum atomic E-state index is -0.0434. The molecule has 0 aliphatic carbocycles. The number of anilines is 1. The molecule has 2 N–H and O–H groups in total. The maximum Gasteiger partial charge on any atom is 0.317 e. The third-order valence-electron chi connectivity index (χ3n) is 4.50. The average molecular weight is 360 g/mol. The van der Waals surface area contributed by atoms with Crippen molar-refractivity contribution in [2.24, 2.45) is 5.92 Å². The van der Waals surface area contributed by atoms with Crippen molar-refractivity contribution >= 4 is 23.1 Å². The van der Waals surface area contributed by atoms with Gasteiger partial charge in [0.25, 0.3) is 0 Å². The van der Waals surface area contributed by atoms with Crippen molar-refractivity contribution in [2.75, 3.05) is 44.2 Å². The second kappa shape index (κ2) is 8.82. The maximum atomic E-state index is 12.4. The molecule has 1 saturated heterocycles. The predicted molar refractivity (Wildman–Crippen MR) is 100 cm³/mol. The summed E-state index contributed by atoms with van der Waals surface area (Å²) < 4.78 is 0. The highest BCUT2D eigenvalue weighted by atomic mass is 32.1. The second-order valence-corrected chi connectivity index (χ2v) is 7.03. The Labute approximate surface area is 152 Å². The van der Waals surface area contributed by atoms with E-state index in [1.165, 1.54) is 5.56 Å². The minimum Gasteiger partial charge on any atom is -0.396 e. The number of rotatable bonds is 6. The second-order valence-electron chi connectivity index (χ2n) is 6.25. The van der Waals surface area contributed by atoms with Gasteiger partial charge in [0.15, 0.2) is 0 Å². The van der Waals surface area contributed by atoms with E-state index in [0.717, 1.165) is 25.2 Å². The Kier molecular flexibility index (Phi) is 6.25. The topological polar surface area (TPSA) is 68.7 Å². The molecular formula is C18H24N4O2S. The van der Waals surface area contributed by atoms with Crippen LogP contribution in [-0.2, 0) is 6.42 Å². The van der Waals surface area contributed by atoms with Crippen LogP contribution >= 0.6 is 11.3 Å². The van der Waals surface area contributed by atoms with E-state index in [4.69, 9.17) is 0 Å². The van der Waals surface area contributed by atoms with Crippen LogP contribution in [0.4, 0.5) is 10.5 Å². The molecule has 7 heteroatoms. The Balaban J connectivity index is 1.43. The predicted octanol–water partition coefficient (Wildman–Crippen LogP) is 1.83. The van der Waals surface area contributed by atoms with Crippen molar-refractivity contribution in [2.45, 2.75) is 6.42 Å². The molecule has 6 nitrogen and oxygen atoms in total. The number of piperazine rings is 1. The Morgan fingerprint density at radius 2 is 2.00 bits per heavy atom. The molecule has 2 aromatic rings. The summed E-state index contributed by atoms with van der Waals surface area (Å²) in [5.74, 6) is 0.0525. The lowest BCUT2D eigenvalue weighted by Gasteiger charge is -2.36. The summed E-state index contributed by atoms with van der Waals surface area (Å²) in [6, 6.07) is 6.00. The first-order chi connectivity index (χ1) is 12.3. The van der Waals surface area contributed by atoms with E-state index in [0.29, 0.717) is 19.6 Å². The number of carbonyl (C=O) groups is 1. The normalized spacial score (nSPS) is 15.9. The molecule has 0 bridgehead atoms. The van der Waals surface area contributed by atoms with Crippen LogP contribution in [-0.4, -0.2) is 60.4 Å². The van der Waals surface area contributed by atoms with Gasteiger partial charge in [0.2, 0.25) is 0 Å². The smallest absolute Gasteiger partial charge is 0.317 e. The molecule has 1 aliphatic heterocycles. The van der Waals surface area contributed by atoms with Gasteiger partial charge < -0.3 is 20.2 Å². The molecular weight excluding hydrogens is 336 g/mol. The lowest BCUT2D eigenvalue weighted by Crippen LogP contribution is -2.52. The number of hydrogen-bond donors (Lipinski definition) is 2. The van der Waals surface area contributed by atoms with Gasteiger partial charge in [-0.15, -0.1) is 0 Å². The Hall–Kier alpha value is -2.12. The number of urea groups is 1. The monoisotopic (exact) mass is 360 g/mol. The number of thiophene rings is 1. The molecule has 3 heterocycles. The number of amides is 2. The van der Waals surface area contributed by atoms with Crippen LogP contribution in [0.25, 0.3) is 0 Å². The highest BCUT2D eigenvalue weighted by Gasteiger charge is 2.21. The fourth-order valence-corrected chi connectivity index (χ4v) is 3.69. The molecule has 2 aromatic heterocycles. The van der Waals surface area contributed by atoms with E-state index in [9.17, 15) is 9.90 Å². The largest absolute Gasteiger partial charge is 0.396 e. The summed E-state index contributed by atoms with van der Waals surface area (Å²) in [7, 11) is 0. The zero-order valence-corrected chi connectivity index (χ0v) is 15.0. The van der Waals surface area contributed by atoms with Gasteiger partial charge in [-0.1, -0.05) is 0 Å². The molecule has 0 radical (unpaired) electrons. The molecule has 1 fully saturated rings. The van der Waals surface area contributed by atoms with Crippen LogP contribution in [0.15, 0.2) is 41.4 Å². The zero-order chi connectivity index (χ0) is 17.5. The third-order valence-corrected chi connectivity index (χ3v) is 5.23. The first kappa shape index (κ1) is 17.7. The number of nitrogens with one attached hydrogen (secondary N) is 1. The maximum absolute atomic E-state index is 12.4. The van der Waals surface area contributed by atoms with E-state index in [1.807, 2.05) is 22.4 Å². The lowest BCUT2D eigenvalue weighted by atomic mass is 10.0. The molecule has 25 heavy (non-hydrogen) atoms. The van der Waals surface area contributed by atoms with Gasteiger partial charge in [-0.2, -0.15) is 11.3 Å². The van der Waals surface area contributed by atoms with Crippen molar-refractivity contribution in [3.63, 3.8) is 0 Å². The number of carbonyl (C=O) groups excluding carboxylic acids is 1. The van der Waals surface area contributed by atoms with Crippen molar-refractivity contribution in [1.29, 1.82) is 0 Å². The summed E-state index contributed by atoms with van der Waals surface area (Å²) in [6.07, 6.45) is 4.37. The highest BCUT2D eigenvalue weighted by Crippen LogP contribution is 2.15. The summed E-state index contributed by atoms with van der Waals surface area (Å²) in [6.45, 7) is 3.60. The number of aliphatic hydroxyl groups is 1. The van der Waals surface area contributed by atoms with E-state index >= 15 is 0 Å². The molecule has 1 aliphatic rings. The minimum absolute atomic E-state index is 0.0434. The van der Waals surface area contributed by atoms with Crippen LogP contribution in [0.5, 0.6) is 0 Å². The number of aromatic nitrogens is 1. The van der Waals surface area contributed by atoms with Gasteiger partial charge in [0.05, 0.1) is 0 Å². The van der Waals surface area contributed by atoms with Gasteiger partial charge in [0, 0.05) is 63.3 Å². The first-order valence-electron chi connectivity index (χ1n) is 8.56. The van der Waals surface area contributed by atoms with Crippen molar-refractivity contribution in [1.82, 2.24) is 15.2 Å². The molecule has 0 aromatic carbocycles. The molecule has 2 amide bonds. The van der Waals surface area contributed by atoms with Crippen LogP contribution in [0.2, 0.25) is 0 Å². The number of nitrogens with zero attached hydrogens (tertiary/aromatic N) is 3. The van der Waals surface area contributed by atoms with Crippen molar-refractivity contribution < 1.29 is 9.90 Å². The molecule has 3 rings (SSSR count). The fourth-order valence-electron chi connectivity index (χ4n) is 3.01. The van der Waals surface area contributed by atoms with Crippen LogP contribution in [0.3, 0.4) is 0 Å². The summed E-state index contributed by atoms with van der Waals surface area (Å²) >= 11 is 1.65. The molecule has 0 unspecified atom stereocenters. The summed E-state index contributed by atoms with van der Waals surface area (Å²) in [5.41, 5.74) is 2.36. The summed E-state index contributed by atoms with van der Waals surface area (Å²) in [4.78, 5) is 20.5. The number of hydrogen-bond acceptors (Lipinski definition) is 5. The Morgan fingerprint density at radius 1 is 1.24 bits per heavy atom. The number of pyridine rings is 1. The van der Waals surface area contributed by atoms with Gasteiger partial charge in [-0.3, -0.25) is 4.98 Å². The van der Waals surface area contributed by atoms with Crippen molar-refractivity contribution in [3.05, 3.63) is 46.9 Å². The van der Waals surface area contributed by atoms with Crippen LogP contribution in [0, 0.1) is 5.92 Å². The SMILES string of the molecule is O=C(NC[C@H](CO)Cc1ccsc1)N1CCN(c2ccncc2)CC1. The van der Waals surface area contributed by atoms with E-state index in [2.05, 4.69) is 26.6 Å². The van der Waals surface area contributed by atoms with Gasteiger partial charge in [-0.25, -0.2) is 4.79 Å². The van der Waals surface area contributed by atoms with E-state index in [1.54, 1.807) is 23.7 Å². The quantitative estimate of drug-likeness (QED) is 0.825. The van der Waals surface area contributed by atoms with Gasteiger partial charge >= 0.3 is 6.03 Å². The van der Waals surface area contributed by atoms with Crippen LogP contribution < -0.4 is 10.2 Å². The summed E-state index contributed by atoms with van der Waals surface area (Å²) in [5, 5.41) is 16.6. The third kappa shape index (κ3) is 4.93. The van der Waals surface area contributed by atoms with Gasteiger partial charge in [-0.05, 0) is 40.9 Å². The Bertz CT molecular complexity index is 642. The highest BCUT2D eigenvalue weighted by molar-refractivity contribution is 7.07. The first-order valence-corrected chi connectivity index (χ1v) is 9.50. The average Bonchev–Trinajstić information content (AvgIpc) is 3.19. The standard InChI is InChI=1S/C18H24N4O2S/c23-13-16(11-15-3-10-25-14-15)12-20-18(24)22-8-6-21(7-9-22)17-1-4-19-5-2-17/h1-5,10,14,16,23H,6-9,11-13H2,(H,20,24)/t16-/m1/s1. The molecule has 1 atom stereocenters. The van der Waals surface area contributed by atoms with Crippen LogP contribution in [0.1, 0.15) is 5.56 Å². The lowest BCUT2D eigenvalue weighted by molar-refractivity contribution is 0.184. The fraction of sp³-hybridized carbons (Fsp3) is 0.444. The molecule has 0 saturated carbocycles. The van der Waals surface area contributed by atoms with E-state index in [-0.39, 0.29) is 18.6 Å². The molecule has 134 valence electrons. The Morgan fingerprint density at radius 3 is 2.64 bits per heavy atom. The van der Waals surface area contributed by atoms with E-state index < -0.39 is 0 Å². The van der Waals surface area contributed by atoms with Gasteiger partial charge in [0.1, 0.15) is 0 Å².